The lowest BCUT2D eigenvalue weighted by atomic mass is 10.1. The maximum Gasteiger partial charge on any atom is 0.326 e. The average Bonchev–Trinajstić information content (AvgIpc) is 3.20. The lowest BCUT2D eigenvalue weighted by Gasteiger charge is -2.21. The third kappa shape index (κ3) is 9.95. The van der Waals surface area contributed by atoms with Crippen LogP contribution in [0.3, 0.4) is 0 Å². The Morgan fingerprint density at radius 2 is 1.87 bits per heavy atom. The van der Waals surface area contributed by atoms with Crippen LogP contribution in [0.15, 0.2) is 12.5 Å². The van der Waals surface area contributed by atoms with Crippen LogP contribution >= 0.6 is 11.8 Å². The predicted octanol–water partition coefficient (Wildman–Crippen LogP) is -2.32. The molecule has 14 heteroatoms. The number of amides is 3. The smallest absolute Gasteiger partial charge is 0.326 e. The molecule has 0 fully saturated rings. The molecule has 0 aliphatic rings. The van der Waals surface area contributed by atoms with Gasteiger partial charge in [0.1, 0.15) is 12.1 Å². The second kappa shape index (κ2) is 13.2. The highest BCUT2D eigenvalue weighted by molar-refractivity contribution is 7.98. The summed E-state index contributed by atoms with van der Waals surface area (Å²) in [6.45, 7) is -0.548. The van der Waals surface area contributed by atoms with Gasteiger partial charge in [-0.2, -0.15) is 11.8 Å². The zero-order valence-electron chi connectivity index (χ0n) is 16.8. The Labute approximate surface area is 181 Å². The van der Waals surface area contributed by atoms with E-state index in [0.717, 1.165) is 0 Å². The molecule has 1 heterocycles. The van der Waals surface area contributed by atoms with E-state index in [0.29, 0.717) is 11.4 Å². The first-order valence-electron chi connectivity index (χ1n) is 9.17. The number of carboxylic acid groups (broad SMARTS) is 2. The van der Waals surface area contributed by atoms with Crippen molar-refractivity contribution in [2.75, 3.05) is 18.6 Å². The lowest BCUT2D eigenvalue weighted by molar-refractivity contribution is -0.142. The second-order valence-corrected chi connectivity index (χ2v) is 7.49. The topological polar surface area (TPSA) is 217 Å². The van der Waals surface area contributed by atoms with Crippen LogP contribution in [-0.4, -0.2) is 86.5 Å². The molecule has 8 N–H and O–H groups in total. The fraction of sp³-hybridized carbons (Fsp3) is 0.529. The number of carbonyl (C=O) groups excluding carboxylic acids is 3. The fourth-order valence-electron chi connectivity index (χ4n) is 2.42. The van der Waals surface area contributed by atoms with Gasteiger partial charge in [0.2, 0.25) is 17.7 Å². The molecule has 1 aromatic heterocycles. The van der Waals surface area contributed by atoms with Crippen molar-refractivity contribution in [2.45, 2.75) is 37.4 Å². The van der Waals surface area contributed by atoms with Gasteiger partial charge in [-0.25, -0.2) is 9.78 Å². The van der Waals surface area contributed by atoms with Gasteiger partial charge in [0.25, 0.3) is 0 Å². The van der Waals surface area contributed by atoms with Crippen LogP contribution < -0.4 is 21.7 Å². The number of imidazole rings is 1. The van der Waals surface area contributed by atoms with Gasteiger partial charge in [0.15, 0.2) is 0 Å². The van der Waals surface area contributed by atoms with Crippen molar-refractivity contribution < 1.29 is 34.2 Å². The van der Waals surface area contributed by atoms with E-state index >= 15 is 0 Å². The molecule has 13 nitrogen and oxygen atoms in total. The van der Waals surface area contributed by atoms with E-state index in [-0.39, 0.29) is 12.8 Å². The minimum Gasteiger partial charge on any atom is -0.481 e. The van der Waals surface area contributed by atoms with Crippen molar-refractivity contribution >= 4 is 41.4 Å². The number of hydrogen-bond acceptors (Lipinski definition) is 8. The summed E-state index contributed by atoms with van der Waals surface area (Å²) in [4.78, 5) is 65.2. The van der Waals surface area contributed by atoms with E-state index in [9.17, 15) is 29.1 Å². The molecule has 3 atom stereocenters. The van der Waals surface area contributed by atoms with E-state index in [1.54, 1.807) is 6.26 Å². The van der Waals surface area contributed by atoms with Crippen LogP contribution in [0.5, 0.6) is 0 Å². The summed E-state index contributed by atoms with van der Waals surface area (Å²) in [6, 6.07) is -3.61. The number of aromatic amines is 1. The van der Waals surface area contributed by atoms with Gasteiger partial charge in [-0.15, -0.1) is 0 Å². The third-order valence-corrected chi connectivity index (χ3v) is 4.65. The predicted molar refractivity (Wildman–Crippen MR) is 110 cm³/mol. The summed E-state index contributed by atoms with van der Waals surface area (Å²) >= 11 is 1.43. The van der Waals surface area contributed by atoms with Crippen molar-refractivity contribution in [2.24, 2.45) is 5.73 Å². The maximum atomic E-state index is 12.6. The molecular formula is C17H26N6O7S. The second-order valence-electron chi connectivity index (χ2n) is 6.50. The molecule has 0 bridgehead atoms. The largest absolute Gasteiger partial charge is 0.481 e. The molecule has 172 valence electrons. The van der Waals surface area contributed by atoms with Gasteiger partial charge in [0, 0.05) is 18.3 Å². The zero-order chi connectivity index (χ0) is 23.4. The van der Waals surface area contributed by atoms with E-state index in [2.05, 4.69) is 25.9 Å². The summed E-state index contributed by atoms with van der Waals surface area (Å²) < 4.78 is 0. The highest BCUT2D eigenvalue weighted by atomic mass is 32.2. The Hall–Kier alpha value is -3.13. The van der Waals surface area contributed by atoms with Gasteiger partial charge in [-0.3, -0.25) is 19.2 Å². The van der Waals surface area contributed by atoms with Gasteiger partial charge in [-0.1, -0.05) is 0 Å². The molecule has 1 rings (SSSR count). The van der Waals surface area contributed by atoms with Crippen LogP contribution in [0.1, 0.15) is 18.5 Å². The van der Waals surface area contributed by atoms with Gasteiger partial charge in [0.05, 0.1) is 25.3 Å². The van der Waals surface area contributed by atoms with Crippen LogP contribution in [-0.2, 0) is 30.4 Å². The van der Waals surface area contributed by atoms with Crippen LogP contribution in [0.4, 0.5) is 0 Å². The van der Waals surface area contributed by atoms with E-state index in [1.807, 2.05) is 0 Å². The fourth-order valence-corrected chi connectivity index (χ4v) is 2.89. The number of thioether (sulfide) groups is 1. The molecule has 0 aromatic carbocycles. The summed E-state index contributed by atoms with van der Waals surface area (Å²) in [5, 5.41) is 25.0. The van der Waals surface area contributed by atoms with Crippen LogP contribution in [0.2, 0.25) is 0 Å². The minimum atomic E-state index is -1.33. The van der Waals surface area contributed by atoms with Crippen molar-refractivity contribution in [1.29, 1.82) is 0 Å². The molecule has 1 aromatic rings. The molecule has 0 radical (unpaired) electrons. The Kier molecular flexibility index (Phi) is 11.1. The number of carbonyl (C=O) groups is 5. The highest BCUT2D eigenvalue weighted by Crippen LogP contribution is 2.04. The lowest BCUT2D eigenvalue weighted by Crippen LogP contribution is -2.54. The molecule has 0 spiro atoms. The first-order chi connectivity index (χ1) is 14.6. The number of nitrogens with two attached hydrogens (primary N) is 1. The number of nitrogens with one attached hydrogen (secondary N) is 4. The number of rotatable bonds is 14. The average molecular weight is 458 g/mol. The third-order valence-electron chi connectivity index (χ3n) is 4.01. The molecule has 0 saturated heterocycles. The Bertz CT molecular complexity index is 773. The molecule has 0 saturated carbocycles. The monoisotopic (exact) mass is 458 g/mol. The number of H-pyrrole nitrogens is 1. The van der Waals surface area contributed by atoms with Gasteiger partial charge in [-0.05, 0) is 18.4 Å². The Morgan fingerprint density at radius 3 is 2.42 bits per heavy atom. The van der Waals surface area contributed by atoms with Crippen LogP contribution in [0, 0.1) is 0 Å². The summed E-state index contributed by atoms with van der Waals surface area (Å²) in [5.74, 6) is -4.25. The molecule has 3 unspecified atom stereocenters. The summed E-state index contributed by atoms with van der Waals surface area (Å²) in [7, 11) is 0. The van der Waals surface area contributed by atoms with Crippen LogP contribution in [0.25, 0.3) is 0 Å². The number of nitrogens with zero attached hydrogens (tertiary/aromatic N) is 1. The SMILES string of the molecule is CSCCC(NC(=O)C(Cc1cnc[nH]1)NC(=O)CNC(=O)C(N)CC(=O)O)C(=O)O. The molecular weight excluding hydrogens is 432 g/mol. The highest BCUT2D eigenvalue weighted by Gasteiger charge is 2.27. The normalized spacial score (nSPS) is 13.5. The number of aliphatic carboxylic acids is 2. The zero-order valence-corrected chi connectivity index (χ0v) is 17.6. The standard InChI is InChI=1S/C17H26N6O7S/c1-31-3-2-11(17(29)30)23-16(28)12(4-9-6-19-8-21-9)22-13(24)7-20-15(27)10(18)5-14(25)26/h6,8,10-12H,2-5,7,18H2,1H3,(H,19,21)(H,20,27)(H,22,24)(H,23,28)(H,25,26)(H,29,30). The summed E-state index contributed by atoms with van der Waals surface area (Å²) in [5.41, 5.74) is 5.93. The quantitative estimate of drug-likeness (QED) is 0.158. The molecule has 0 aliphatic carbocycles. The summed E-state index contributed by atoms with van der Waals surface area (Å²) in [6.07, 6.45) is 4.23. The van der Waals surface area contributed by atoms with Crippen molar-refractivity contribution in [1.82, 2.24) is 25.9 Å². The Morgan fingerprint density at radius 1 is 1.16 bits per heavy atom. The van der Waals surface area contributed by atoms with E-state index < -0.39 is 60.8 Å². The van der Waals surface area contributed by atoms with E-state index in [1.165, 1.54) is 24.3 Å². The molecule has 0 aliphatic heterocycles. The van der Waals surface area contributed by atoms with Crippen molar-refractivity contribution in [3.63, 3.8) is 0 Å². The van der Waals surface area contributed by atoms with Gasteiger partial charge >= 0.3 is 11.9 Å². The van der Waals surface area contributed by atoms with E-state index in [4.69, 9.17) is 10.8 Å². The Balaban J connectivity index is 2.75. The molecule has 3 amide bonds. The number of hydrogen-bond donors (Lipinski definition) is 7. The van der Waals surface area contributed by atoms with Crippen molar-refractivity contribution in [3.05, 3.63) is 18.2 Å². The van der Waals surface area contributed by atoms with Crippen molar-refractivity contribution in [3.8, 4) is 0 Å². The first kappa shape index (κ1) is 25.9. The number of aromatic nitrogens is 2. The maximum absolute atomic E-state index is 12.6. The first-order valence-corrected chi connectivity index (χ1v) is 10.6. The number of carboxylic acids is 2. The molecule has 31 heavy (non-hydrogen) atoms. The minimum absolute atomic E-state index is 0.00108. The van der Waals surface area contributed by atoms with Gasteiger partial charge < -0.3 is 36.9 Å².